The van der Waals surface area contributed by atoms with Gasteiger partial charge in [-0.05, 0) is 42.2 Å². The van der Waals surface area contributed by atoms with Gasteiger partial charge in [0.1, 0.15) is 0 Å². The minimum atomic E-state index is -0.674. The molecule has 3 rings (SSSR count). The van der Waals surface area contributed by atoms with Gasteiger partial charge >= 0.3 is 11.8 Å². The first kappa shape index (κ1) is 21.6. The van der Waals surface area contributed by atoms with Crippen LogP contribution in [-0.4, -0.2) is 57.3 Å². The Morgan fingerprint density at radius 1 is 1.07 bits per heavy atom. The average molecular weight is 411 g/mol. The molecule has 0 aromatic heterocycles. The number of nitrogens with one attached hydrogen (secondary N) is 2. The minimum Gasteiger partial charge on any atom is -0.396 e. The van der Waals surface area contributed by atoms with E-state index >= 15 is 0 Å². The maximum Gasteiger partial charge on any atom is 0.309 e. The van der Waals surface area contributed by atoms with Gasteiger partial charge in [-0.25, -0.2) is 0 Å². The largest absolute Gasteiger partial charge is 0.396 e. The van der Waals surface area contributed by atoms with Crippen molar-refractivity contribution in [2.24, 2.45) is 0 Å². The zero-order valence-corrected chi connectivity index (χ0v) is 17.6. The summed E-state index contributed by atoms with van der Waals surface area (Å²) in [5, 5.41) is 14.1. The van der Waals surface area contributed by atoms with Gasteiger partial charge in [-0.1, -0.05) is 30.3 Å². The van der Waals surface area contributed by atoms with Crippen LogP contribution >= 0.6 is 0 Å². The Balaban J connectivity index is 1.77. The summed E-state index contributed by atoms with van der Waals surface area (Å²) < 4.78 is 0. The molecule has 3 N–H and O–H groups in total. The van der Waals surface area contributed by atoms with Gasteiger partial charge in [-0.3, -0.25) is 9.59 Å². The predicted octanol–water partition coefficient (Wildman–Crippen LogP) is 1.47. The quantitative estimate of drug-likeness (QED) is 0.453. The Morgan fingerprint density at radius 3 is 2.47 bits per heavy atom. The molecule has 1 aliphatic heterocycles. The van der Waals surface area contributed by atoms with Gasteiger partial charge in [-0.15, -0.1) is 0 Å². The average Bonchev–Trinajstić information content (AvgIpc) is 3.18. The molecule has 0 saturated heterocycles. The summed E-state index contributed by atoms with van der Waals surface area (Å²) in [6.45, 7) is 1.43. The molecule has 7 heteroatoms. The van der Waals surface area contributed by atoms with E-state index in [9.17, 15) is 9.59 Å². The Bertz CT molecular complexity index is 867. The lowest BCUT2D eigenvalue weighted by Crippen LogP contribution is -2.44. The molecule has 2 amide bonds. The molecule has 160 valence electrons. The summed E-state index contributed by atoms with van der Waals surface area (Å²) in [7, 11) is 4.00. The predicted molar refractivity (Wildman–Crippen MR) is 119 cm³/mol. The van der Waals surface area contributed by atoms with Crippen LogP contribution in [0, 0.1) is 0 Å². The van der Waals surface area contributed by atoms with Gasteiger partial charge in [0, 0.05) is 51.7 Å². The highest BCUT2D eigenvalue weighted by molar-refractivity contribution is 6.35. The molecule has 1 aliphatic rings. The molecule has 1 heterocycles. The number of aliphatic hydroxyl groups is 1. The molecule has 2 aromatic carbocycles. The second-order valence-electron chi connectivity index (χ2n) is 7.62. The van der Waals surface area contributed by atoms with Crippen molar-refractivity contribution in [3.05, 3.63) is 59.7 Å². The molecule has 0 unspecified atom stereocenters. The zero-order valence-electron chi connectivity index (χ0n) is 17.6. The van der Waals surface area contributed by atoms with E-state index < -0.39 is 11.8 Å². The number of hydrogen-bond acceptors (Lipinski definition) is 5. The van der Waals surface area contributed by atoms with E-state index in [0.29, 0.717) is 13.0 Å². The SMILES string of the molecule is CN(C)c1ccc([C@@H](CNC(=O)C(=O)NCCCO)N2CCc3ccccc32)cc1. The molecule has 0 bridgehead atoms. The van der Waals surface area contributed by atoms with E-state index in [0.717, 1.165) is 24.2 Å². The number of aliphatic hydroxyl groups excluding tert-OH is 1. The van der Waals surface area contributed by atoms with E-state index in [4.69, 9.17) is 5.11 Å². The van der Waals surface area contributed by atoms with Crippen LogP contribution in [0.15, 0.2) is 48.5 Å². The molecular formula is C23H30N4O3. The van der Waals surface area contributed by atoms with Crippen LogP contribution in [0.1, 0.15) is 23.6 Å². The normalized spacial score (nSPS) is 13.5. The third-order valence-electron chi connectivity index (χ3n) is 5.38. The number of rotatable bonds is 8. The minimum absolute atomic E-state index is 0.0265. The van der Waals surface area contributed by atoms with Gasteiger partial charge in [0.25, 0.3) is 0 Å². The first-order valence-electron chi connectivity index (χ1n) is 10.3. The molecule has 0 spiro atoms. The summed E-state index contributed by atoms with van der Waals surface area (Å²) in [5.74, 6) is -1.33. The van der Waals surface area contributed by atoms with Gasteiger partial charge in [0.2, 0.25) is 0 Å². The number of anilines is 2. The van der Waals surface area contributed by atoms with E-state index in [1.165, 1.54) is 11.3 Å². The molecule has 0 saturated carbocycles. The highest BCUT2D eigenvalue weighted by atomic mass is 16.3. The topological polar surface area (TPSA) is 84.9 Å². The zero-order chi connectivity index (χ0) is 21.5. The number of carbonyl (C=O) groups is 2. The third-order valence-corrected chi connectivity index (χ3v) is 5.38. The van der Waals surface area contributed by atoms with Gasteiger partial charge in [0.15, 0.2) is 0 Å². The van der Waals surface area contributed by atoms with Crippen molar-refractivity contribution in [2.45, 2.75) is 18.9 Å². The van der Waals surface area contributed by atoms with Crippen molar-refractivity contribution in [3.8, 4) is 0 Å². The maximum absolute atomic E-state index is 12.3. The van der Waals surface area contributed by atoms with Crippen molar-refractivity contribution >= 4 is 23.2 Å². The van der Waals surface area contributed by atoms with E-state index in [1.54, 1.807) is 0 Å². The van der Waals surface area contributed by atoms with Gasteiger partial charge in [-0.2, -0.15) is 0 Å². The lowest BCUT2D eigenvalue weighted by atomic mass is 10.0. The van der Waals surface area contributed by atoms with Crippen molar-refractivity contribution < 1.29 is 14.7 Å². The van der Waals surface area contributed by atoms with Crippen molar-refractivity contribution in [1.29, 1.82) is 0 Å². The monoisotopic (exact) mass is 410 g/mol. The Labute approximate surface area is 177 Å². The fraction of sp³-hybridized carbons (Fsp3) is 0.391. The lowest BCUT2D eigenvalue weighted by molar-refractivity contribution is -0.139. The van der Waals surface area contributed by atoms with Gasteiger partial charge in [0.05, 0.1) is 6.04 Å². The molecular weight excluding hydrogens is 380 g/mol. The van der Waals surface area contributed by atoms with Crippen LogP contribution in [-0.2, 0) is 16.0 Å². The van der Waals surface area contributed by atoms with E-state index in [-0.39, 0.29) is 19.2 Å². The number of carbonyl (C=O) groups excluding carboxylic acids is 2. The molecule has 30 heavy (non-hydrogen) atoms. The number of hydrogen-bond donors (Lipinski definition) is 3. The molecule has 0 radical (unpaired) electrons. The molecule has 2 aromatic rings. The Morgan fingerprint density at radius 2 is 1.77 bits per heavy atom. The van der Waals surface area contributed by atoms with Crippen LogP contribution in [0.4, 0.5) is 11.4 Å². The fourth-order valence-corrected chi connectivity index (χ4v) is 3.72. The Hall–Kier alpha value is -3.06. The van der Waals surface area contributed by atoms with Crippen molar-refractivity contribution in [2.75, 3.05) is 50.1 Å². The number of para-hydroxylation sites is 1. The number of benzene rings is 2. The smallest absolute Gasteiger partial charge is 0.309 e. The Kier molecular flexibility index (Phi) is 7.30. The molecule has 0 aliphatic carbocycles. The van der Waals surface area contributed by atoms with Crippen LogP contribution in [0.25, 0.3) is 0 Å². The first-order chi connectivity index (χ1) is 14.5. The summed E-state index contributed by atoms with van der Waals surface area (Å²) in [6, 6.07) is 16.5. The lowest BCUT2D eigenvalue weighted by Gasteiger charge is -2.31. The number of fused-ring (bicyclic) bond motifs is 1. The maximum atomic E-state index is 12.3. The van der Waals surface area contributed by atoms with E-state index in [1.807, 2.05) is 31.1 Å². The first-order valence-corrected chi connectivity index (χ1v) is 10.3. The van der Waals surface area contributed by atoms with E-state index in [2.05, 4.69) is 51.9 Å². The number of amides is 2. The second kappa shape index (κ2) is 10.1. The summed E-state index contributed by atoms with van der Waals surface area (Å²) >= 11 is 0. The third kappa shape index (κ3) is 5.10. The van der Waals surface area contributed by atoms with Crippen LogP contribution in [0.3, 0.4) is 0 Å². The fourth-order valence-electron chi connectivity index (χ4n) is 3.72. The number of nitrogens with zero attached hydrogens (tertiary/aromatic N) is 2. The molecule has 0 fully saturated rings. The van der Waals surface area contributed by atoms with Crippen LogP contribution in [0.5, 0.6) is 0 Å². The van der Waals surface area contributed by atoms with Crippen LogP contribution in [0.2, 0.25) is 0 Å². The van der Waals surface area contributed by atoms with Crippen LogP contribution < -0.4 is 20.4 Å². The summed E-state index contributed by atoms with van der Waals surface area (Å²) in [5.41, 5.74) is 4.64. The molecule has 7 nitrogen and oxygen atoms in total. The van der Waals surface area contributed by atoms with Crippen molar-refractivity contribution in [3.63, 3.8) is 0 Å². The second-order valence-corrected chi connectivity index (χ2v) is 7.62. The van der Waals surface area contributed by atoms with Gasteiger partial charge < -0.3 is 25.5 Å². The highest BCUT2D eigenvalue weighted by Crippen LogP contribution is 2.35. The highest BCUT2D eigenvalue weighted by Gasteiger charge is 2.28. The molecule has 1 atom stereocenters. The standard InChI is InChI=1S/C23H30N4O3/c1-26(2)19-10-8-18(9-11-19)21(16-25-23(30)22(29)24-13-5-15-28)27-14-12-17-6-3-4-7-20(17)27/h3-4,6-11,21,28H,5,12-16H2,1-2H3,(H,24,29)(H,25,30)/t21-/m1/s1. The summed E-state index contributed by atoms with van der Waals surface area (Å²) in [6.07, 6.45) is 1.38. The van der Waals surface area contributed by atoms with Crippen molar-refractivity contribution in [1.82, 2.24) is 10.6 Å². The summed E-state index contributed by atoms with van der Waals surface area (Å²) in [4.78, 5) is 28.6.